The van der Waals surface area contributed by atoms with Gasteiger partial charge in [-0.05, 0) is 0 Å². The second kappa shape index (κ2) is 6.54. The quantitative estimate of drug-likeness (QED) is 0.237. The van der Waals surface area contributed by atoms with Crippen LogP contribution in [0.1, 0.15) is 6.42 Å². The summed E-state index contributed by atoms with van der Waals surface area (Å²) in [6, 6.07) is 0. The van der Waals surface area contributed by atoms with Gasteiger partial charge in [-0.3, -0.25) is 0 Å². The number of aliphatic hydroxyl groups excluding tert-OH is 2. The summed E-state index contributed by atoms with van der Waals surface area (Å²) in [6.07, 6.45) is 0.353. The standard InChI is InChI=1S/C6H12O4/c1-6(2-3-7)10-9-5-4-8/h7-8H,1-5H2. The summed E-state index contributed by atoms with van der Waals surface area (Å²) in [5.41, 5.74) is 0. The van der Waals surface area contributed by atoms with Crippen LogP contribution in [0.2, 0.25) is 0 Å². The van der Waals surface area contributed by atoms with Crippen LogP contribution in [0.15, 0.2) is 12.3 Å². The second-order valence-electron chi connectivity index (χ2n) is 1.64. The van der Waals surface area contributed by atoms with Gasteiger partial charge < -0.3 is 15.1 Å². The Morgan fingerprint density at radius 2 is 2.00 bits per heavy atom. The number of hydrogen-bond donors (Lipinski definition) is 2. The van der Waals surface area contributed by atoms with Gasteiger partial charge in [-0.1, -0.05) is 6.58 Å². The topological polar surface area (TPSA) is 58.9 Å². The molecule has 0 rings (SSSR count). The van der Waals surface area contributed by atoms with Gasteiger partial charge in [0.15, 0.2) is 0 Å². The lowest BCUT2D eigenvalue weighted by Gasteiger charge is -2.03. The van der Waals surface area contributed by atoms with Crippen molar-refractivity contribution >= 4 is 0 Å². The number of hydrogen-bond acceptors (Lipinski definition) is 4. The molecule has 0 spiro atoms. The molecule has 0 aliphatic carbocycles. The van der Waals surface area contributed by atoms with Crippen LogP contribution in [0.3, 0.4) is 0 Å². The summed E-state index contributed by atoms with van der Waals surface area (Å²) in [5, 5.41) is 16.6. The smallest absolute Gasteiger partial charge is 0.137 e. The molecule has 4 heteroatoms. The van der Waals surface area contributed by atoms with Crippen molar-refractivity contribution in [1.29, 1.82) is 0 Å². The van der Waals surface area contributed by atoms with Crippen LogP contribution in [0, 0.1) is 0 Å². The Hall–Kier alpha value is -0.580. The first-order chi connectivity index (χ1) is 4.81. The molecule has 0 aliphatic heterocycles. The van der Waals surface area contributed by atoms with Crippen LogP contribution >= 0.6 is 0 Å². The molecule has 0 aromatic rings. The van der Waals surface area contributed by atoms with E-state index in [0.717, 1.165) is 0 Å². The molecule has 0 aromatic carbocycles. The molecular weight excluding hydrogens is 136 g/mol. The zero-order valence-corrected chi connectivity index (χ0v) is 5.75. The molecule has 0 saturated carbocycles. The maximum atomic E-state index is 8.35. The Bertz CT molecular complexity index is 91.7. The third-order valence-corrected chi connectivity index (χ3v) is 0.742. The fraction of sp³-hybridized carbons (Fsp3) is 0.667. The summed E-state index contributed by atoms with van der Waals surface area (Å²) in [7, 11) is 0. The van der Waals surface area contributed by atoms with E-state index >= 15 is 0 Å². The largest absolute Gasteiger partial charge is 0.396 e. The van der Waals surface area contributed by atoms with E-state index in [-0.39, 0.29) is 19.8 Å². The van der Waals surface area contributed by atoms with Crippen LogP contribution in [0.5, 0.6) is 0 Å². The van der Waals surface area contributed by atoms with Crippen LogP contribution < -0.4 is 0 Å². The molecule has 0 unspecified atom stereocenters. The van der Waals surface area contributed by atoms with Gasteiger partial charge in [0.05, 0.1) is 13.2 Å². The van der Waals surface area contributed by atoms with Gasteiger partial charge in [-0.15, -0.1) is 0 Å². The first-order valence-electron chi connectivity index (χ1n) is 3.00. The summed E-state index contributed by atoms with van der Waals surface area (Å²) in [4.78, 5) is 8.94. The minimum atomic E-state index is -0.0909. The summed E-state index contributed by atoms with van der Waals surface area (Å²) >= 11 is 0. The highest BCUT2D eigenvalue weighted by molar-refractivity contribution is 4.79. The molecule has 0 aromatic heterocycles. The van der Waals surface area contributed by atoms with Crippen LogP contribution in [0.4, 0.5) is 0 Å². The fourth-order valence-corrected chi connectivity index (χ4v) is 0.329. The summed E-state index contributed by atoms with van der Waals surface area (Å²) in [5.74, 6) is 0.357. The highest BCUT2D eigenvalue weighted by Crippen LogP contribution is 1.98. The van der Waals surface area contributed by atoms with Gasteiger partial charge in [-0.2, -0.15) is 4.89 Å². The molecule has 0 amide bonds. The Morgan fingerprint density at radius 1 is 1.30 bits per heavy atom. The fourth-order valence-electron chi connectivity index (χ4n) is 0.329. The average molecular weight is 148 g/mol. The minimum absolute atomic E-state index is 0.0126. The lowest BCUT2D eigenvalue weighted by atomic mass is 10.4. The molecule has 4 nitrogen and oxygen atoms in total. The molecule has 0 bridgehead atoms. The zero-order valence-electron chi connectivity index (χ0n) is 5.75. The van der Waals surface area contributed by atoms with E-state index in [1.165, 1.54) is 0 Å². The van der Waals surface area contributed by atoms with E-state index in [4.69, 9.17) is 10.2 Å². The Balaban J connectivity index is 3.05. The predicted octanol–water partition coefficient (Wildman–Crippen LogP) is -0.177. The van der Waals surface area contributed by atoms with Gasteiger partial charge in [0, 0.05) is 6.42 Å². The van der Waals surface area contributed by atoms with Gasteiger partial charge >= 0.3 is 0 Å². The van der Waals surface area contributed by atoms with Gasteiger partial charge in [0.1, 0.15) is 12.4 Å². The van der Waals surface area contributed by atoms with Crippen molar-refractivity contribution < 1.29 is 20.0 Å². The first-order valence-corrected chi connectivity index (χ1v) is 3.00. The average Bonchev–Trinajstić information content (AvgIpc) is 1.89. The molecule has 2 N–H and O–H groups in total. The monoisotopic (exact) mass is 148 g/mol. The van der Waals surface area contributed by atoms with Gasteiger partial charge in [-0.25, -0.2) is 0 Å². The molecule has 10 heavy (non-hydrogen) atoms. The maximum Gasteiger partial charge on any atom is 0.137 e. The van der Waals surface area contributed by atoms with Crippen molar-refractivity contribution in [1.82, 2.24) is 0 Å². The van der Waals surface area contributed by atoms with E-state index in [0.29, 0.717) is 12.2 Å². The van der Waals surface area contributed by atoms with Crippen molar-refractivity contribution in [3.63, 3.8) is 0 Å². The van der Waals surface area contributed by atoms with Gasteiger partial charge in [0.25, 0.3) is 0 Å². The van der Waals surface area contributed by atoms with Crippen molar-refractivity contribution in [3.8, 4) is 0 Å². The Kier molecular flexibility index (Phi) is 6.16. The third-order valence-electron chi connectivity index (χ3n) is 0.742. The molecule has 0 atom stereocenters. The zero-order chi connectivity index (χ0) is 7.82. The minimum Gasteiger partial charge on any atom is -0.396 e. The molecule has 0 radical (unpaired) electrons. The maximum absolute atomic E-state index is 8.35. The predicted molar refractivity (Wildman–Crippen MR) is 35.0 cm³/mol. The number of aliphatic hydroxyl groups is 2. The highest BCUT2D eigenvalue weighted by Gasteiger charge is 1.93. The highest BCUT2D eigenvalue weighted by atomic mass is 17.2. The van der Waals surface area contributed by atoms with Crippen molar-refractivity contribution in [2.24, 2.45) is 0 Å². The lowest BCUT2D eigenvalue weighted by Crippen LogP contribution is -2.00. The normalized spacial score (nSPS) is 9.40. The Labute approximate surface area is 59.6 Å². The lowest BCUT2D eigenvalue weighted by molar-refractivity contribution is -0.267. The second-order valence-corrected chi connectivity index (χ2v) is 1.64. The van der Waals surface area contributed by atoms with Crippen molar-refractivity contribution in [2.45, 2.75) is 6.42 Å². The molecular formula is C6H12O4. The van der Waals surface area contributed by atoms with E-state index in [1.54, 1.807) is 0 Å². The van der Waals surface area contributed by atoms with Gasteiger partial charge in [0.2, 0.25) is 0 Å². The molecule has 60 valence electrons. The Morgan fingerprint density at radius 3 is 2.50 bits per heavy atom. The summed E-state index contributed by atoms with van der Waals surface area (Å²) < 4.78 is 0. The molecule has 0 saturated heterocycles. The van der Waals surface area contributed by atoms with Crippen LogP contribution in [0.25, 0.3) is 0 Å². The molecule has 0 aliphatic rings. The number of rotatable bonds is 6. The SMILES string of the molecule is C=C(CCO)OOCCO. The van der Waals surface area contributed by atoms with Crippen LogP contribution in [-0.4, -0.2) is 30.0 Å². The summed E-state index contributed by atoms with van der Waals surface area (Å²) in [6.45, 7) is 3.44. The first kappa shape index (κ1) is 9.42. The molecule has 0 heterocycles. The van der Waals surface area contributed by atoms with E-state index in [9.17, 15) is 0 Å². The van der Waals surface area contributed by atoms with E-state index in [2.05, 4.69) is 16.4 Å². The van der Waals surface area contributed by atoms with Crippen LogP contribution in [-0.2, 0) is 9.78 Å². The molecule has 0 fully saturated rings. The third kappa shape index (κ3) is 5.55. The van der Waals surface area contributed by atoms with Crippen molar-refractivity contribution in [2.75, 3.05) is 19.8 Å². The van der Waals surface area contributed by atoms with E-state index in [1.807, 2.05) is 0 Å². The van der Waals surface area contributed by atoms with Crippen molar-refractivity contribution in [3.05, 3.63) is 12.3 Å². The van der Waals surface area contributed by atoms with E-state index < -0.39 is 0 Å².